The highest BCUT2D eigenvalue weighted by molar-refractivity contribution is 6.53. The molecule has 0 radical (unpaired) electrons. The molecule has 0 fully saturated rings. The Balaban J connectivity index is 2.59. The van der Waals surface area contributed by atoms with Crippen LogP contribution in [0.4, 0.5) is 4.39 Å². The molecule has 0 aliphatic heterocycles. The lowest BCUT2D eigenvalue weighted by Crippen LogP contribution is -1.90. The maximum atomic E-state index is 13.1. The second-order valence-electron chi connectivity index (χ2n) is 4.13. The number of nitriles is 1. The normalized spacial score (nSPS) is 11.7. The lowest BCUT2D eigenvalue weighted by atomic mass is 10.0. The van der Waals surface area contributed by atoms with E-state index in [-0.39, 0.29) is 5.82 Å². The smallest absolute Gasteiger partial charge is 0.123 e. The molecule has 0 heterocycles. The molecule has 0 saturated carbocycles. The van der Waals surface area contributed by atoms with Gasteiger partial charge in [0, 0.05) is 0 Å². The van der Waals surface area contributed by atoms with E-state index in [0.29, 0.717) is 21.7 Å². The first kappa shape index (κ1) is 13.3. The lowest BCUT2D eigenvalue weighted by molar-refractivity contribution is 0.626. The zero-order valence-corrected chi connectivity index (χ0v) is 11.1. The summed E-state index contributed by atoms with van der Waals surface area (Å²) in [6, 6.07) is 15.6. The van der Waals surface area contributed by atoms with Crippen LogP contribution in [0.3, 0.4) is 0 Å². The lowest BCUT2D eigenvalue weighted by Gasteiger charge is -2.07. The first-order valence-corrected chi connectivity index (χ1v) is 6.13. The predicted octanol–water partition coefficient (Wildman–Crippen LogP) is 4.76. The van der Waals surface area contributed by atoms with Crippen LogP contribution in [0.1, 0.15) is 16.7 Å². The van der Waals surface area contributed by atoms with Crippen molar-refractivity contribution in [3.05, 3.63) is 71.0 Å². The highest BCUT2D eigenvalue weighted by atomic mass is 35.5. The SMILES string of the molecule is Cc1cc(F)ccc1/C(Cl)=C(/C#N)c1ccccc1. The van der Waals surface area contributed by atoms with Gasteiger partial charge < -0.3 is 0 Å². The molecule has 0 bridgehead atoms. The Morgan fingerprint density at radius 2 is 1.84 bits per heavy atom. The van der Waals surface area contributed by atoms with Gasteiger partial charge in [0.05, 0.1) is 10.6 Å². The van der Waals surface area contributed by atoms with E-state index in [2.05, 4.69) is 6.07 Å². The molecule has 2 rings (SSSR count). The van der Waals surface area contributed by atoms with Gasteiger partial charge in [-0.05, 0) is 35.7 Å². The molecule has 3 heteroatoms. The van der Waals surface area contributed by atoms with E-state index >= 15 is 0 Å². The van der Waals surface area contributed by atoms with Gasteiger partial charge in [-0.25, -0.2) is 4.39 Å². The van der Waals surface area contributed by atoms with Crippen molar-refractivity contribution in [3.8, 4) is 6.07 Å². The highest BCUT2D eigenvalue weighted by Gasteiger charge is 2.11. The number of hydrogen-bond donors (Lipinski definition) is 0. The summed E-state index contributed by atoms with van der Waals surface area (Å²) in [4.78, 5) is 0. The molecule has 0 amide bonds. The molecule has 0 aromatic heterocycles. The molecule has 19 heavy (non-hydrogen) atoms. The molecule has 0 N–H and O–H groups in total. The second kappa shape index (κ2) is 5.69. The summed E-state index contributed by atoms with van der Waals surface area (Å²) >= 11 is 6.30. The number of aryl methyl sites for hydroxylation is 1. The Kier molecular flexibility index (Phi) is 3.99. The molecule has 0 spiro atoms. The number of nitrogens with zero attached hydrogens (tertiary/aromatic N) is 1. The summed E-state index contributed by atoms with van der Waals surface area (Å²) in [5.41, 5.74) is 2.51. The van der Waals surface area contributed by atoms with Crippen LogP contribution in [-0.4, -0.2) is 0 Å². The van der Waals surface area contributed by atoms with Crippen LogP contribution in [0.2, 0.25) is 0 Å². The van der Waals surface area contributed by atoms with E-state index in [1.165, 1.54) is 12.1 Å². The van der Waals surface area contributed by atoms with Crippen LogP contribution in [0, 0.1) is 24.1 Å². The first-order valence-electron chi connectivity index (χ1n) is 5.75. The van der Waals surface area contributed by atoms with Gasteiger partial charge in [0.1, 0.15) is 11.9 Å². The van der Waals surface area contributed by atoms with Crippen LogP contribution < -0.4 is 0 Å². The number of hydrogen-bond acceptors (Lipinski definition) is 1. The fraction of sp³-hybridized carbons (Fsp3) is 0.0625. The maximum Gasteiger partial charge on any atom is 0.123 e. The Bertz CT molecular complexity index is 669. The minimum atomic E-state index is -0.316. The van der Waals surface area contributed by atoms with Crippen LogP contribution >= 0.6 is 11.6 Å². The van der Waals surface area contributed by atoms with E-state index in [4.69, 9.17) is 11.6 Å². The standard InChI is InChI=1S/C16H11ClFN/c1-11-9-13(18)7-8-14(11)16(17)15(10-19)12-5-3-2-4-6-12/h2-9H,1H3/b16-15+. The Morgan fingerprint density at radius 1 is 1.16 bits per heavy atom. The molecule has 0 saturated heterocycles. The monoisotopic (exact) mass is 271 g/mol. The van der Waals surface area contributed by atoms with Crippen molar-refractivity contribution in [1.29, 1.82) is 5.26 Å². The molecular weight excluding hydrogens is 261 g/mol. The summed E-state index contributed by atoms with van der Waals surface area (Å²) in [6.07, 6.45) is 0. The van der Waals surface area contributed by atoms with Crippen molar-refractivity contribution >= 4 is 22.2 Å². The molecule has 1 nitrogen and oxygen atoms in total. The quantitative estimate of drug-likeness (QED) is 0.570. The van der Waals surface area contributed by atoms with Crippen LogP contribution in [-0.2, 0) is 0 Å². The van der Waals surface area contributed by atoms with Gasteiger partial charge in [0.25, 0.3) is 0 Å². The zero-order valence-electron chi connectivity index (χ0n) is 10.3. The fourth-order valence-electron chi connectivity index (χ4n) is 1.85. The van der Waals surface area contributed by atoms with Gasteiger partial charge in [-0.15, -0.1) is 0 Å². The molecule has 2 aromatic rings. The minimum absolute atomic E-state index is 0.316. The topological polar surface area (TPSA) is 23.8 Å². The number of halogens is 2. The van der Waals surface area contributed by atoms with Crippen molar-refractivity contribution in [2.75, 3.05) is 0 Å². The second-order valence-corrected chi connectivity index (χ2v) is 4.50. The molecule has 94 valence electrons. The molecule has 0 unspecified atom stereocenters. The summed E-state index contributed by atoms with van der Waals surface area (Å²) in [5.74, 6) is -0.316. The predicted molar refractivity (Wildman–Crippen MR) is 75.9 cm³/mol. The van der Waals surface area contributed by atoms with E-state index in [9.17, 15) is 9.65 Å². The van der Waals surface area contributed by atoms with E-state index in [0.717, 1.165) is 5.56 Å². The number of allylic oxidation sites excluding steroid dienone is 1. The summed E-state index contributed by atoms with van der Waals surface area (Å²) in [5, 5.41) is 9.63. The summed E-state index contributed by atoms with van der Waals surface area (Å²) in [6.45, 7) is 1.76. The molecule has 2 aromatic carbocycles. The van der Waals surface area contributed by atoms with Crippen LogP contribution in [0.15, 0.2) is 48.5 Å². The molecule has 0 aliphatic rings. The van der Waals surface area contributed by atoms with E-state index in [1.54, 1.807) is 13.0 Å². The van der Waals surface area contributed by atoms with Gasteiger partial charge in [0.15, 0.2) is 0 Å². The molecule has 0 atom stereocenters. The van der Waals surface area contributed by atoms with Crippen molar-refractivity contribution in [2.24, 2.45) is 0 Å². The fourth-order valence-corrected chi connectivity index (χ4v) is 2.22. The minimum Gasteiger partial charge on any atom is -0.207 e. The number of rotatable bonds is 2. The highest BCUT2D eigenvalue weighted by Crippen LogP contribution is 2.31. The van der Waals surface area contributed by atoms with E-state index < -0.39 is 0 Å². The van der Waals surface area contributed by atoms with Crippen molar-refractivity contribution in [2.45, 2.75) is 6.92 Å². The van der Waals surface area contributed by atoms with Crippen molar-refractivity contribution in [1.82, 2.24) is 0 Å². The third kappa shape index (κ3) is 2.83. The maximum absolute atomic E-state index is 13.1. The molecule has 0 aliphatic carbocycles. The zero-order chi connectivity index (χ0) is 13.8. The first-order chi connectivity index (χ1) is 9.13. The van der Waals surface area contributed by atoms with Gasteiger partial charge >= 0.3 is 0 Å². The van der Waals surface area contributed by atoms with Gasteiger partial charge in [-0.1, -0.05) is 48.0 Å². The summed E-state index contributed by atoms with van der Waals surface area (Å²) in [7, 11) is 0. The Morgan fingerprint density at radius 3 is 2.42 bits per heavy atom. The summed E-state index contributed by atoms with van der Waals surface area (Å²) < 4.78 is 13.1. The Hall–Kier alpha value is -2.11. The van der Waals surface area contributed by atoms with E-state index in [1.807, 2.05) is 30.3 Å². The third-order valence-electron chi connectivity index (χ3n) is 2.82. The van der Waals surface area contributed by atoms with Crippen LogP contribution in [0.5, 0.6) is 0 Å². The van der Waals surface area contributed by atoms with Crippen LogP contribution in [0.25, 0.3) is 10.6 Å². The van der Waals surface area contributed by atoms with Crippen molar-refractivity contribution in [3.63, 3.8) is 0 Å². The molecular formula is C16H11ClFN. The van der Waals surface area contributed by atoms with Gasteiger partial charge in [-0.2, -0.15) is 5.26 Å². The third-order valence-corrected chi connectivity index (χ3v) is 3.21. The largest absolute Gasteiger partial charge is 0.207 e. The average Bonchev–Trinajstić information content (AvgIpc) is 2.40. The van der Waals surface area contributed by atoms with Gasteiger partial charge in [0.2, 0.25) is 0 Å². The van der Waals surface area contributed by atoms with Gasteiger partial charge in [-0.3, -0.25) is 0 Å². The Labute approximate surface area is 116 Å². The average molecular weight is 272 g/mol. The number of benzene rings is 2. The van der Waals surface area contributed by atoms with Crippen molar-refractivity contribution < 1.29 is 4.39 Å².